The van der Waals surface area contributed by atoms with Crippen LogP contribution >= 0.6 is 24.4 Å². The lowest BCUT2D eigenvalue weighted by Gasteiger charge is -2.10. The first-order valence-electron chi connectivity index (χ1n) is 3.31. The van der Waals surface area contributed by atoms with Crippen molar-refractivity contribution in [2.24, 2.45) is 0 Å². The highest BCUT2D eigenvalue weighted by Crippen LogP contribution is 2.21. The summed E-state index contributed by atoms with van der Waals surface area (Å²) >= 11 is 5.24. The number of thiol groups is 1. The third-order valence-corrected chi connectivity index (χ3v) is 2.77. The number of rotatable bonds is 3. The van der Waals surface area contributed by atoms with Gasteiger partial charge in [-0.05, 0) is 0 Å². The van der Waals surface area contributed by atoms with Crippen LogP contribution in [-0.4, -0.2) is 40.5 Å². The molecule has 1 heterocycles. The Kier molecular flexibility index (Phi) is 3.71. The van der Waals surface area contributed by atoms with Gasteiger partial charge in [0, 0.05) is 11.5 Å². The van der Waals surface area contributed by atoms with Crippen molar-refractivity contribution in [2.75, 3.05) is 18.1 Å². The molecule has 11 heavy (non-hydrogen) atoms. The third-order valence-electron chi connectivity index (χ3n) is 1.36. The van der Waals surface area contributed by atoms with Gasteiger partial charge in [0.15, 0.2) is 5.44 Å². The topological polar surface area (TPSA) is 46.5 Å². The van der Waals surface area contributed by atoms with Crippen LogP contribution in [0.3, 0.4) is 0 Å². The number of aliphatic hydroxyl groups excluding tert-OH is 1. The molecular weight excluding hydrogens is 184 g/mol. The van der Waals surface area contributed by atoms with Crippen LogP contribution in [0.5, 0.6) is 0 Å². The summed E-state index contributed by atoms with van der Waals surface area (Å²) in [6, 6.07) is 0. The molecule has 3 nitrogen and oxygen atoms in total. The summed E-state index contributed by atoms with van der Waals surface area (Å²) in [6.07, 6.45) is -0.978. The van der Waals surface area contributed by atoms with E-state index in [0.29, 0.717) is 6.61 Å². The van der Waals surface area contributed by atoms with Gasteiger partial charge in [0.1, 0.15) is 6.10 Å². The zero-order chi connectivity index (χ0) is 8.27. The highest BCUT2D eigenvalue weighted by Gasteiger charge is 2.28. The van der Waals surface area contributed by atoms with Gasteiger partial charge in [-0.2, -0.15) is 12.6 Å². The second-order valence-electron chi connectivity index (χ2n) is 2.17. The molecule has 2 atom stereocenters. The summed E-state index contributed by atoms with van der Waals surface area (Å²) in [5, 5.41) is 9.07. The molecule has 5 heteroatoms. The summed E-state index contributed by atoms with van der Waals surface area (Å²) in [5.74, 6) is 0.733. The van der Waals surface area contributed by atoms with Crippen molar-refractivity contribution in [3.05, 3.63) is 0 Å². The minimum absolute atomic E-state index is 0.166. The number of thioether (sulfide) groups is 1. The maximum atomic E-state index is 11.1. The van der Waals surface area contributed by atoms with Gasteiger partial charge in [-0.25, -0.2) is 0 Å². The Morgan fingerprint density at radius 1 is 1.91 bits per heavy atom. The molecule has 1 N–H and O–H groups in total. The van der Waals surface area contributed by atoms with Gasteiger partial charge in [-0.3, -0.25) is 4.79 Å². The van der Waals surface area contributed by atoms with E-state index in [1.165, 1.54) is 11.8 Å². The van der Waals surface area contributed by atoms with Crippen LogP contribution in [0.15, 0.2) is 0 Å². The molecule has 0 radical (unpaired) electrons. The largest absolute Gasteiger partial charge is 0.384 e. The van der Waals surface area contributed by atoms with E-state index in [9.17, 15) is 4.79 Å². The van der Waals surface area contributed by atoms with Gasteiger partial charge in [-0.15, -0.1) is 11.8 Å². The molecule has 1 saturated heterocycles. The van der Waals surface area contributed by atoms with Gasteiger partial charge < -0.3 is 9.84 Å². The van der Waals surface area contributed by atoms with E-state index in [4.69, 9.17) is 9.84 Å². The molecule has 0 aromatic heterocycles. The smallest absolute Gasteiger partial charge is 0.200 e. The van der Waals surface area contributed by atoms with E-state index in [-0.39, 0.29) is 11.5 Å². The number of carbonyl (C=O) groups is 1. The molecule has 0 amide bonds. The monoisotopic (exact) mass is 194 g/mol. The van der Waals surface area contributed by atoms with Gasteiger partial charge >= 0.3 is 0 Å². The first kappa shape index (κ1) is 9.38. The van der Waals surface area contributed by atoms with Gasteiger partial charge in [0.25, 0.3) is 0 Å². The zero-order valence-electron chi connectivity index (χ0n) is 5.90. The Labute approximate surface area is 74.9 Å². The Morgan fingerprint density at radius 2 is 2.64 bits per heavy atom. The fraction of sp³-hybridized carbons (Fsp3) is 0.833. The lowest BCUT2D eigenvalue weighted by Crippen LogP contribution is -2.31. The summed E-state index contributed by atoms with van der Waals surface area (Å²) < 4.78 is 5.06. The van der Waals surface area contributed by atoms with Crippen LogP contribution in [-0.2, 0) is 9.53 Å². The van der Waals surface area contributed by atoms with Gasteiger partial charge in [0.2, 0.25) is 5.78 Å². The Balaban J connectivity index is 2.39. The molecule has 1 rings (SSSR count). The van der Waals surface area contributed by atoms with Crippen molar-refractivity contribution in [3.8, 4) is 0 Å². The van der Waals surface area contributed by atoms with E-state index in [1.807, 2.05) is 0 Å². The summed E-state index contributed by atoms with van der Waals surface area (Å²) in [7, 11) is 0. The molecule has 0 saturated carbocycles. The van der Waals surface area contributed by atoms with Crippen molar-refractivity contribution in [1.29, 1.82) is 0 Å². The molecule has 0 aromatic carbocycles. The maximum absolute atomic E-state index is 11.1. The average Bonchev–Trinajstić information content (AvgIpc) is 2.53. The number of ketones is 1. The molecular formula is C6H10O3S2. The molecule has 64 valence electrons. The van der Waals surface area contributed by atoms with Crippen LogP contribution in [0, 0.1) is 0 Å². The molecule has 1 fully saturated rings. The van der Waals surface area contributed by atoms with E-state index < -0.39 is 11.5 Å². The fourth-order valence-electron chi connectivity index (χ4n) is 0.770. The number of carbonyl (C=O) groups excluding carboxylic acids is 1. The molecule has 2 unspecified atom stereocenters. The standard InChI is InChI=1S/C6H10O3S2/c7-4(3-10)5(8)6-9-1-2-11-6/h4,6-7,10H,1-3H2. The van der Waals surface area contributed by atoms with Crippen molar-refractivity contribution < 1.29 is 14.6 Å². The van der Waals surface area contributed by atoms with Crippen LogP contribution in [0.1, 0.15) is 0 Å². The van der Waals surface area contributed by atoms with Crippen LogP contribution < -0.4 is 0 Å². The maximum Gasteiger partial charge on any atom is 0.200 e. The lowest BCUT2D eigenvalue weighted by atomic mass is 10.3. The molecule has 0 aromatic rings. The third kappa shape index (κ3) is 2.37. The van der Waals surface area contributed by atoms with Crippen LogP contribution in [0.2, 0.25) is 0 Å². The summed E-state index contributed by atoms with van der Waals surface area (Å²) in [6.45, 7) is 0.598. The Morgan fingerprint density at radius 3 is 3.09 bits per heavy atom. The highest BCUT2D eigenvalue weighted by molar-refractivity contribution is 8.00. The zero-order valence-corrected chi connectivity index (χ0v) is 7.61. The van der Waals surface area contributed by atoms with E-state index in [2.05, 4.69) is 12.6 Å². The van der Waals surface area contributed by atoms with Crippen molar-refractivity contribution >= 4 is 30.2 Å². The number of hydrogen-bond acceptors (Lipinski definition) is 5. The average molecular weight is 194 g/mol. The number of Topliss-reactive ketones (excluding diaryl/α,β-unsaturated/α-hetero) is 1. The molecule has 0 spiro atoms. The second-order valence-corrected chi connectivity index (χ2v) is 3.71. The summed E-state index contributed by atoms with van der Waals surface area (Å²) in [5.41, 5.74) is -0.461. The van der Waals surface area contributed by atoms with Gasteiger partial charge in [-0.1, -0.05) is 0 Å². The molecule has 1 aliphatic rings. The minimum Gasteiger partial charge on any atom is -0.384 e. The van der Waals surface area contributed by atoms with Crippen LogP contribution in [0.4, 0.5) is 0 Å². The number of hydrogen-bond donors (Lipinski definition) is 2. The van der Waals surface area contributed by atoms with Crippen molar-refractivity contribution in [3.63, 3.8) is 0 Å². The number of aliphatic hydroxyl groups is 1. The number of ether oxygens (including phenoxy) is 1. The quantitative estimate of drug-likeness (QED) is 0.618. The first-order valence-corrected chi connectivity index (χ1v) is 4.99. The lowest BCUT2D eigenvalue weighted by molar-refractivity contribution is -0.131. The molecule has 0 aliphatic carbocycles. The van der Waals surface area contributed by atoms with E-state index in [1.54, 1.807) is 0 Å². The van der Waals surface area contributed by atoms with E-state index in [0.717, 1.165) is 5.75 Å². The predicted molar refractivity (Wildman–Crippen MR) is 47.1 cm³/mol. The normalized spacial score (nSPS) is 26.9. The molecule has 1 aliphatic heterocycles. The Hall–Kier alpha value is 0.290. The summed E-state index contributed by atoms with van der Waals surface area (Å²) in [4.78, 5) is 11.1. The fourth-order valence-corrected chi connectivity index (χ4v) is 1.87. The SMILES string of the molecule is O=C(C(O)CS)C1OCCS1. The van der Waals surface area contributed by atoms with Crippen molar-refractivity contribution in [1.82, 2.24) is 0 Å². The predicted octanol–water partition coefficient (Wildman–Crippen LogP) is -0.0643. The van der Waals surface area contributed by atoms with Gasteiger partial charge in [0.05, 0.1) is 6.61 Å². The van der Waals surface area contributed by atoms with Crippen molar-refractivity contribution in [2.45, 2.75) is 11.5 Å². The Bertz CT molecular complexity index is 145. The molecule has 0 bridgehead atoms. The second kappa shape index (κ2) is 4.35. The minimum atomic E-state index is -0.978. The highest BCUT2D eigenvalue weighted by atomic mass is 32.2. The van der Waals surface area contributed by atoms with Crippen LogP contribution in [0.25, 0.3) is 0 Å². The first-order chi connectivity index (χ1) is 5.25. The van der Waals surface area contributed by atoms with E-state index >= 15 is 0 Å².